The van der Waals surface area contributed by atoms with Crippen LogP contribution in [0.15, 0.2) is 108 Å². The van der Waals surface area contributed by atoms with Crippen LogP contribution in [0.5, 0.6) is 5.75 Å². The van der Waals surface area contributed by atoms with Gasteiger partial charge in [0.2, 0.25) is 0 Å². The molecule has 4 aromatic carbocycles. The van der Waals surface area contributed by atoms with E-state index in [0.29, 0.717) is 28.5 Å². The summed E-state index contributed by atoms with van der Waals surface area (Å²) in [6, 6.07) is 25.4. The van der Waals surface area contributed by atoms with E-state index >= 15 is 0 Å². The lowest BCUT2D eigenvalue weighted by Crippen LogP contribution is -2.10. The van der Waals surface area contributed by atoms with Crippen molar-refractivity contribution >= 4 is 26.7 Å². The summed E-state index contributed by atoms with van der Waals surface area (Å²) in [6.45, 7) is 0. The van der Waals surface area contributed by atoms with E-state index in [1.54, 1.807) is 30.3 Å². The number of pyridine rings is 1. The number of hydrogen-bond donors (Lipinski definition) is 0. The highest BCUT2D eigenvalue weighted by atomic mass is 32.2. The highest BCUT2D eigenvalue weighted by Crippen LogP contribution is 2.39. The van der Waals surface area contributed by atoms with Crippen LogP contribution in [0.25, 0.3) is 22.0 Å². The van der Waals surface area contributed by atoms with Gasteiger partial charge in [0.05, 0.1) is 21.5 Å². The Kier molecular flexibility index (Phi) is 7.16. The number of carbonyl (C=O) groups excluding carboxylic acids is 1. The summed E-state index contributed by atoms with van der Waals surface area (Å²) in [5, 5.41) is 0.313. The molecule has 5 nitrogen and oxygen atoms in total. The van der Waals surface area contributed by atoms with Gasteiger partial charge in [-0.3, -0.25) is 4.98 Å². The summed E-state index contributed by atoms with van der Waals surface area (Å²) in [5.74, 6) is -0.624. The molecule has 5 rings (SSSR count). The van der Waals surface area contributed by atoms with Crippen LogP contribution in [0, 0.1) is 0 Å². The Hall–Kier alpha value is -4.50. The summed E-state index contributed by atoms with van der Waals surface area (Å²) in [6.07, 6.45) is -1.69. The fourth-order valence-corrected chi connectivity index (χ4v) is 5.19. The molecule has 0 aliphatic carbocycles. The summed E-state index contributed by atoms with van der Waals surface area (Å²) < 4.78 is 70.8. The second kappa shape index (κ2) is 10.6. The number of ether oxygens (including phenoxy) is 1. The first-order chi connectivity index (χ1) is 19.0. The number of hydrogen-bond acceptors (Lipinski definition) is 5. The third kappa shape index (κ3) is 5.74. The molecule has 0 bridgehead atoms. The number of aromatic nitrogens is 1. The monoisotopic (exact) mass is 561 g/mol. The fourth-order valence-electron chi connectivity index (χ4n) is 4.52. The molecule has 1 heterocycles. The maximum absolute atomic E-state index is 13.8. The Morgan fingerprint density at radius 3 is 2.33 bits per heavy atom. The average molecular weight is 562 g/mol. The first-order valence-electron chi connectivity index (χ1n) is 12.2. The fraction of sp³-hybridized carbons (Fsp3) is 0.0968. The van der Waals surface area contributed by atoms with Crippen LogP contribution in [0.4, 0.5) is 13.2 Å². The molecule has 0 saturated carbocycles. The largest absolute Gasteiger partial charge is 0.423 e. The van der Waals surface area contributed by atoms with Crippen molar-refractivity contribution < 1.29 is 31.1 Å². The predicted molar refractivity (Wildman–Crippen MR) is 146 cm³/mol. The molecule has 0 fully saturated rings. The molecule has 0 radical (unpaired) electrons. The Bertz CT molecular complexity index is 1840. The number of alkyl halides is 3. The lowest BCUT2D eigenvalue weighted by atomic mass is 9.92. The van der Waals surface area contributed by atoms with Crippen molar-refractivity contribution in [1.29, 1.82) is 0 Å². The van der Waals surface area contributed by atoms with Crippen LogP contribution < -0.4 is 4.74 Å². The van der Waals surface area contributed by atoms with E-state index in [1.807, 2.05) is 30.3 Å². The highest BCUT2D eigenvalue weighted by molar-refractivity contribution is 7.90. The summed E-state index contributed by atoms with van der Waals surface area (Å²) in [7, 11) is -3.53. The topological polar surface area (TPSA) is 73.3 Å². The van der Waals surface area contributed by atoms with E-state index in [9.17, 15) is 26.4 Å². The van der Waals surface area contributed by atoms with E-state index < -0.39 is 27.5 Å². The second-order valence-corrected chi connectivity index (χ2v) is 11.3. The molecule has 40 heavy (non-hydrogen) atoms. The van der Waals surface area contributed by atoms with Gasteiger partial charge in [0.15, 0.2) is 9.84 Å². The lowest BCUT2D eigenvalue weighted by Gasteiger charge is -2.17. The molecule has 0 unspecified atom stereocenters. The van der Waals surface area contributed by atoms with Gasteiger partial charge in [-0.15, -0.1) is 0 Å². The normalized spacial score (nSPS) is 11.9. The molecule has 202 valence electrons. The van der Waals surface area contributed by atoms with E-state index in [2.05, 4.69) is 4.98 Å². The number of nitrogens with zero attached hydrogens (tertiary/aromatic N) is 1. The minimum Gasteiger partial charge on any atom is -0.423 e. The zero-order valence-electron chi connectivity index (χ0n) is 21.1. The van der Waals surface area contributed by atoms with Gasteiger partial charge in [0.1, 0.15) is 5.75 Å². The second-order valence-electron chi connectivity index (χ2n) is 9.24. The lowest BCUT2D eigenvalue weighted by molar-refractivity contribution is -0.136. The number of carbonyl (C=O) groups is 1. The van der Waals surface area contributed by atoms with Crippen molar-refractivity contribution in [1.82, 2.24) is 4.98 Å². The maximum atomic E-state index is 13.8. The van der Waals surface area contributed by atoms with Gasteiger partial charge >= 0.3 is 12.1 Å². The zero-order valence-corrected chi connectivity index (χ0v) is 22.0. The molecule has 0 aliphatic rings. The van der Waals surface area contributed by atoms with Crippen LogP contribution in [-0.4, -0.2) is 25.6 Å². The number of fused-ring (bicyclic) bond motifs is 1. The SMILES string of the molecule is CS(=O)(=O)c1cccc(C(=O)Oc2cccc(-c3c(Cc4ccccc4)cnc4c(C(F)(F)F)cccc34)c2)c1. The Morgan fingerprint density at radius 2 is 1.60 bits per heavy atom. The zero-order chi connectivity index (χ0) is 28.5. The first kappa shape index (κ1) is 27.1. The average Bonchev–Trinajstić information content (AvgIpc) is 2.92. The van der Waals surface area contributed by atoms with Gasteiger partial charge in [-0.1, -0.05) is 60.7 Å². The molecular formula is C31H22F3NO4S. The van der Waals surface area contributed by atoms with Gasteiger partial charge in [-0.25, -0.2) is 13.2 Å². The van der Waals surface area contributed by atoms with Crippen molar-refractivity contribution in [2.24, 2.45) is 0 Å². The quantitative estimate of drug-likeness (QED) is 0.163. The number of para-hydroxylation sites is 1. The molecule has 5 aromatic rings. The molecule has 0 amide bonds. The van der Waals surface area contributed by atoms with Crippen LogP contribution in [0.1, 0.15) is 27.0 Å². The summed E-state index contributed by atoms with van der Waals surface area (Å²) in [5.41, 5.74) is 1.74. The van der Waals surface area contributed by atoms with E-state index in [1.165, 1.54) is 36.5 Å². The van der Waals surface area contributed by atoms with Crippen LogP contribution in [-0.2, 0) is 22.4 Å². The molecule has 0 spiro atoms. The minimum absolute atomic E-state index is 0.0232. The first-order valence-corrected chi connectivity index (χ1v) is 14.0. The van der Waals surface area contributed by atoms with Crippen LogP contribution >= 0.6 is 0 Å². The molecule has 0 N–H and O–H groups in total. The third-order valence-corrected chi connectivity index (χ3v) is 7.46. The van der Waals surface area contributed by atoms with Crippen LogP contribution in [0.2, 0.25) is 0 Å². The van der Waals surface area contributed by atoms with Crippen molar-refractivity contribution in [3.05, 3.63) is 126 Å². The van der Waals surface area contributed by atoms with Gasteiger partial charge in [-0.2, -0.15) is 13.2 Å². The van der Waals surface area contributed by atoms with E-state index in [0.717, 1.165) is 17.9 Å². The molecule has 0 saturated heterocycles. The third-order valence-electron chi connectivity index (χ3n) is 6.35. The summed E-state index contributed by atoms with van der Waals surface area (Å²) in [4.78, 5) is 17.1. The number of esters is 1. The highest BCUT2D eigenvalue weighted by Gasteiger charge is 2.33. The van der Waals surface area contributed by atoms with Gasteiger partial charge in [-0.05, 0) is 65.1 Å². The molecule has 1 aromatic heterocycles. The number of benzene rings is 4. The van der Waals surface area contributed by atoms with Crippen molar-refractivity contribution in [2.45, 2.75) is 17.5 Å². The maximum Gasteiger partial charge on any atom is 0.418 e. The van der Waals surface area contributed by atoms with Crippen molar-refractivity contribution in [3.63, 3.8) is 0 Å². The Morgan fingerprint density at radius 1 is 0.875 bits per heavy atom. The number of rotatable bonds is 6. The van der Waals surface area contributed by atoms with Gasteiger partial charge in [0, 0.05) is 17.8 Å². The van der Waals surface area contributed by atoms with Gasteiger partial charge in [0.25, 0.3) is 0 Å². The van der Waals surface area contributed by atoms with E-state index in [4.69, 9.17) is 4.74 Å². The number of sulfone groups is 1. The Labute approximate surface area is 228 Å². The number of halogens is 3. The molecular weight excluding hydrogens is 539 g/mol. The minimum atomic E-state index is -4.59. The molecule has 0 atom stereocenters. The smallest absolute Gasteiger partial charge is 0.418 e. The Balaban J connectivity index is 1.60. The predicted octanol–water partition coefficient (Wildman–Crippen LogP) is 7.13. The molecule has 9 heteroatoms. The van der Waals surface area contributed by atoms with Crippen molar-refractivity contribution in [3.8, 4) is 16.9 Å². The van der Waals surface area contributed by atoms with Crippen LogP contribution in [0.3, 0.4) is 0 Å². The molecule has 0 aliphatic heterocycles. The summed E-state index contributed by atoms with van der Waals surface area (Å²) >= 11 is 0. The van der Waals surface area contributed by atoms with Gasteiger partial charge < -0.3 is 4.74 Å². The standard InChI is InChI=1S/C31H22F3NO4S/c1-40(37,38)25-13-6-11-22(18-25)30(36)39-24-12-5-10-21(17-24)28-23(16-20-8-3-2-4-9-20)19-35-29-26(28)14-7-15-27(29)31(32,33)34/h2-15,17-19H,16H2,1H3. The van der Waals surface area contributed by atoms with E-state index in [-0.39, 0.29) is 21.7 Å². The van der Waals surface area contributed by atoms with Crippen molar-refractivity contribution in [2.75, 3.05) is 6.26 Å².